The Hall–Kier alpha value is -3.74. The summed E-state index contributed by atoms with van der Waals surface area (Å²) in [6.45, 7) is 1.89. The Kier molecular flexibility index (Phi) is 7.29. The topological polar surface area (TPSA) is 98.6 Å². The number of methoxy groups -OCH3 is 2. The molecule has 186 valence electrons. The van der Waals surface area contributed by atoms with Gasteiger partial charge in [-0.2, -0.15) is 36.7 Å². The molecule has 0 fully saturated rings. The lowest BCUT2D eigenvalue weighted by atomic mass is 10.1. The van der Waals surface area contributed by atoms with Crippen molar-refractivity contribution in [1.29, 1.82) is 0 Å². The zero-order valence-electron chi connectivity index (χ0n) is 18.9. The Bertz CT molecular complexity index is 1260. The van der Waals surface area contributed by atoms with E-state index in [-0.39, 0.29) is 43.3 Å². The second-order valence-electron chi connectivity index (χ2n) is 7.53. The molecule has 9 nitrogen and oxygen atoms in total. The lowest BCUT2D eigenvalue weighted by molar-refractivity contribution is -0.139. The van der Waals surface area contributed by atoms with Crippen LogP contribution in [-0.2, 0) is 6.18 Å². The molecule has 2 amide bonds. The average Bonchev–Trinajstić information content (AvgIpc) is 3.24. The number of ether oxygens (including phenoxy) is 2. The van der Waals surface area contributed by atoms with Gasteiger partial charge in [-0.1, -0.05) is 6.07 Å². The molecule has 1 atom stereocenters. The molecule has 0 radical (unpaired) electrons. The van der Waals surface area contributed by atoms with E-state index in [1.165, 1.54) is 22.9 Å². The fourth-order valence-corrected chi connectivity index (χ4v) is 3.66. The summed E-state index contributed by atoms with van der Waals surface area (Å²) in [5, 5.41) is 6.89. The van der Waals surface area contributed by atoms with Gasteiger partial charge in [-0.15, -0.1) is 0 Å². The smallest absolute Gasteiger partial charge is 0.421 e. The minimum Gasteiger partial charge on any atom is -0.497 e. The number of aromatic nitrogens is 3. The fraction of sp³-hybridized carbons (Fsp3) is 0.273. The number of amides is 2. The van der Waals surface area contributed by atoms with Crippen LogP contribution in [0.4, 0.5) is 24.7 Å². The first-order valence-corrected chi connectivity index (χ1v) is 10.1. The quantitative estimate of drug-likeness (QED) is 0.560. The van der Waals surface area contributed by atoms with Gasteiger partial charge >= 0.3 is 6.18 Å². The number of fused-ring (bicyclic) bond motifs is 1. The van der Waals surface area contributed by atoms with Crippen LogP contribution in [0, 0.1) is 0 Å². The van der Waals surface area contributed by atoms with Crippen molar-refractivity contribution >= 4 is 36.8 Å². The summed E-state index contributed by atoms with van der Waals surface area (Å²) >= 11 is 0. The standard InChI is InChI=1S/C22H20F3N5O4.H2S/c1-12-11-29(17-8-7-15(22(23,24)25)20(28-17)34-3)21(32)18-16(10-26-30(12)18)27-19(31)13-5-4-6-14(9-13)33-2;/h4-10,12H,11H2,1-3H3,(H,27,31);1H2/t12-;/m0./s1. The van der Waals surface area contributed by atoms with Gasteiger partial charge in [0.1, 0.15) is 17.1 Å². The number of nitrogens with zero attached hydrogens (tertiary/aromatic N) is 4. The molecule has 3 aromatic rings. The molecule has 0 aliphatic carbocycles. The van der Waals surface area contributed by atoms with Crippen molar-refractivity contribution in [2.24, 2.45) is 0 Å². The zero-order chi connectivity index (χ0) is 24.6. The van der Waals surface area contributed by atoms with E-state index in [1.54, 1.807) is 31.2 Å². The van der Waals surface area contributed by atoms with Gasteiger partial charge in [-0.3, -0.25) is 19.2 Å². The summed E-state index contributed by atoms with van der Waals surface area (Å²) in [6, 6.07) is 8.05. The SMILES string of the molecule is COc1cccc(C(=O)Nc2cnn3c2C(=O)N(c2ccc(C(F)(F)F)c(OC)n2)C[C@@H]3C)c1.S. The number of hydrogen-bond acceptors (Lipinski definition) is 6. The van der Waals surface area contributed by atoms with E-state index in [0.29, 0.717) is 11.3 Å². The predicted molar refractivity (Wildman–Crippen MR) is 126 cm³/mol. The monoisotopic (exact) mass is 509 g/mol. The third-order valence-corrected chi connectivity index (χ3v) is 5.31. The second-order valence-corrected chi connectivity index (χ2v) is 7.53. The lowest BCUT2D eigenvalue weighted by Gasteiger charge is -2.31. The van der Waals surface area contributed by atoms with E-state index in [9.17, 15) is 22.8 Å². The maximum Gasteiger partial charge on any atom is 0.421 e. The van der Waals surface area contributed by atoms with Crippen LogP contribution < -0.4 is 19.7 Å². The molecule has 0 saturated carbocycles. The molecule has 3 heterocycles. The van der Waals surface area contributed by atoms with E-state index in [2.05, 4.69) is 15.4 Å². The number of rotatable bonds is 5. The third-order valence-electron chi connectivity index (χ3n) is 5.31. The number of pyridine rings is 1. The summed E-state index contributed by atoms with van der Waals surface area (Å²) in [5.74, 6) is -1.23. The van der Waals surface area contributed by atoms with Crippen LogP contribution >= 0.6 is 13.5 Å². The molecule has 1 N–H and O–H groups in total. The van der Waals surface area contributed by atoms with Gasteiger partial charge in [-0.05, 0) is 37.3 Å². The fourth-order valence-electron chi connectivity index (χ4n) is 3.66. The highest BCUT2D eigenvalue weighted by atomic mass is 32.1. The summed E-state index contributed by atoms with van der Waals surface area (Å²) in [6.07, 6.45) is -3.31. The van der Waals surface area contributed by atoms with Crippen LogP contribution in [0.1, 0.15) is 39.4 Å². The van der Waals surface area contributed by atoms with E-state index >= 15 is 0 Å². The van der Waals surface area contributed by atoms with Crippen molar-refractivity contribution in [2.45, 2.75) is 19.1 Å². The minimum atomic E-state index is -4.66. The van der Waals surface area contributed by atoms with Gasteiger partial charge in [0.05, 0.1) is 32.1 Å². The normalized spacial score (nSPS) is 15.2. The Morgan fingerprint density at radius 3 is 2.57 bits per heavy atom. The van der Waals surface area contributed by atoms with Gasteiger partial charge in [0.2, 0.25) is 5.88 Å². The van der Waals surface area contributed by atoms with Crippen LogP contribution in [0.25, 0.3) is 0 Å². The maximum absolute atomic E-state index is 13.3. The van der Waals surface area contributed by atoms with Crippen LogP contribution in [0.5, 0.6) is 11.6 Å². The summed E-state index contributed by atoms with van der Waals surface area (Å²) < 4.78 is 51.0. The van der Waals surface area contributed by atoms with Crippen LogP contribution in [0.3, 0.4) is 0 Å². The highest BCUT2D eigenvalue weighted by Gasteiger charge is 2.38. The van der Waals surface area contributed by atoms with Gasteiger partial charge in [0.25, 0.3) is 11.8 Å². The molecule has 0 unspecified atom stereocenters. The van der Waals surface area contributed by atoms with Crippen molar-refractivity contribution in [3.05, 3.63) is 59.4 Å². The first-order chi connectivity index (χ1) is 16.1. The summed E-state index contributed by atoms with van der Waals surface area (Å²) in [7, 11) is 2.55. The van der Waals surface area contributed by atoms with E-state index in [4.69, 9.17) is 9.47 Å². The Balaban J connectivity index is 0.00000342. The number of alkyl halides is 3. The summed E-state index contributed by atoms with van der Waals surface area (Å²) in [5.41, 5.74) is -0.502. The highest BCUT2D eigenvalue weighted by Crippen LogP contribution is 2.37. The number of benzene rings is 1. The van der Waals surface area contributed by atoms with Crippen molar-refractivity contribution < 1.29 is 32.2 Å². The number of carbonyl (C=O) groups excluding carboxylic acids is 2. The zero-order valence-corrected chi connectivity index (χ0v) is 19.9. The molecule has 4 rings (SSSR count). The van der Waals surface area contributed by atoms with E-state index < -0.39 is 29.4 Å². The molecule has 1 aliphatic heterocycles. The Morgan fingerprint density at radius 1 is 1.17 bits per heavy atom. The Morgan fingerprint density at radius 2 is 1.91 bits per heavy atom. The molecular formula is C22H22F3N5O4S. The number of nitrogens with one attached hydrogen (secondary N) is 1. The number of carbonyl (C=O) groups is 2. The molecule has 0 bridgehead atoms. The van der Waals surface area contributed by atoms with E-state index in [0.717, 1.165) is 19.2 Å². The molecule has 1 aliphatic rings. The first kappa shape index (κ1) is 25.9. The van der Waals surface area contributed by atoms with Crippen LogP contribution in [-0.4, -0.2) is 47.3 Å². The van der Waals surface area contributed by atoms with Gasteiger partial charge in [0, 0.05) is 12.1 Å². The van der Waals surface area contributed by atoms with Crippen molar-refractivity contribution in [1.82, 2.24) is 14.8 Å². The third kappa shape index (κ3) is 4.90. The number of halogens is 3. The van der Waals surface area contributed by atoms with Gasteiger partial charge < -0.3 is 14.8 Å². The molecule has 13 heteroatoms. The average molecular weight is 510 g/mol. The van der Waals surface area contributed by atoms with Crippen molar-refractivity contribution in [2.75, 3.05) is 31.0 Å². The molecule has 0 spiro atoms. The molecule has 0 saturated heterocycles. The van der Waals surface area contributed by atoms with Crippen LogP contribution in [0.2, 0.25) is 0 Å². The van der Waals surface area contributed by atoms with Crippen molar-refractivity contribution in [3.8, 4) is 11.6 Å². The largest absolute Gasteiger partial charge is 0.497 e. The Labute approximate surface area is 205 Å². The molecule has 1 aromatic carbocycles. The van der Waals surface area contributed by atoms with Crippen molar-refractivity contribution in [3.63, 3.8) is 0 Å². The first-order valence-electron chi connectivity index (χ1n) is 10.1. The molecule has 35 heavy (non-hydrogen) atoms. The minimum absolute atomic E-state index is 0. The maximum atomic E-state index is 13.3. The number of anilines is 2. The summed E-state index contributed by atoms with van der Waals surface area (Å²) in [4.78, 5) is 31.2. The highest BCUT2D eigenvalue weighted by molar-refractivity contribution is 7.59. The van der Waals surface area contributed by atoms with Gasteiger partial charge in [-0.25, -0.2) is 0 Å². The van der Waals surface area contributed by atoms with Crippen LogP contribution in [0.15, 0.2) is 42.6 Å². The van der Waals surface area contributed by atoms with E-state index in [1.807, 2.05) is 0 Å². The lowest BCUT2D eigenvalue weighted by Crippen LogP contribution is -2.43. The number of hydrogen-bond donors (Lipinski definition) is 1. The second kappa shape index (κ2) is 9.86. The van der Waals surface area contributed by atoms with Gasteiger partial charge in [0.15, 0.2) is 5.69 Å². The molecular weight excluding hydrogens is 487 g/mol. The predicted octanol–water partition coefficient (Wildman–Crippen LogP) is 3.90. The molecule has 2 aromatic heterocycles.